The highest BCUT2D eigenvalue weighted by Crippen LogP contribution is 2.37. The van der Waals surface area contributed by atoms with Gasteiger partial charge in [-0.3, -0.25) is 4.79 Å². The Morgan fingerprint density at radius 2 is 2.12 bits per heavy atom. The number of rotatable bonds is 6. The lowest BCUT2D eigenvalue weighted by molar-refractivity contribution is -0.131. The topological polar surface area (TPSA) is 54.3 Å². The van der Waals surface area contributed by atoms with Crippen molar-refractivity contribution in [2.45, 2.75) is 44.2 Å². The number of fused-ring (bicyclic) bond motifs is 1. The molecule has 24 heavy (non-hydrogen) atoms. The number of amides is 1. The first-order valence-corrected chi connectivity index (χ1v) is 8.47. The maximum atomic E-state index is 12.6. The Bertz CT molecular complexity index is 684. The molecule has 0 aromatic heterocycles. The molecule has 0 spiro atoms. The summed E-state index contributed by atoms with van der Waals surface area (Å²) in [5, 5.41) is 8.21. The van der Waals surface area contributed by atoms with Crippen molar-refractivity contribution in [2.75, 3.05) is 20.2 Å². The number of hydrogen-bond acceptors (Lipinski definition) is 4. The summed E-state index contributed by atoms with van der Waals surface area (Å²) < 4.78 is 5.46. The normalized spacial score (nSPS) is 17.6. The van der Waals surface area contributed by atoms with E-state index in [0.717, 1.165) is 38.1 Å². The average Bonchev–Trinajstić information content (AvgIpc) is 3.41. The fraction of sp³-hybridized carbons (Fsp3) is 0.526. The number of carbonyl (C=O) groups is 1. The lowest BCUT2D eigenvalue weighted by atomic mass is 10.0. The van der Waals surface area contributed by atoms with Gasteiger partial charge in [0.05, 0.1) is 7.11 Å². The van der Waals surface area contributed by atoms with Crippen molar-refractivity contribution in [3.8, 4) is 18.1 Å². The molecule has 0 N–H and O–H groups in total. The number of terminal acetylenes is 1. The molecule has 0 unspecified atom stereocenters. The zero-order valence-corrected chi connectivity index (χ0v) is 14.1. The minimum atomic E-state index is -0.375. The zero-order chi connectivity index (χ0) is 17.0. The van der Waals surface area contributed by atoms with Crippen LogP contribution in [-0.2, 0) is 17.6 Å². The predicted molar refractivity (Wildman–Crippen MR) is 91.9 cm³/mol. The van der Waals surface area contributed by atoms with Crippen LogP contribution in [0.15, 0.2) is 28.4 Å². The van der Waals surface area contributed by atoms with Crippen LogP contribution in [0.2, 0.25) is 0 Å². The Morgan fingerprint density at radius 3 is 2.83 bits per heavy atom. The van der Waals surface area contributed by atoms with Crippen LogP contribution in [0, 0.1) is 12.3 Å². The number of carbonyl (C=O) groups excluding carboxylic acids is 1. The minimum absolute atomic E-state index is 0.180. The molecule has 2 aliphatic heterocycles. The zero-order valence-electron chi connectivity index (χ0n) is 14.1. The van der Waals surface area contributed by atoms with Crippen LogP contribution < -0.4 is 4.74 Å². The van der Waals surface area contributed by atoms with E-state index in [2.05, 4.69) is 22.2 Å². The van der Waals surface area contributed by atoms with Crippen molar-refractivity contribution >= 4 is 5.91 Å². The molecule has 0 saturated heterocycles. The molecular formula is C19H23N3O2. The minimum Gasteiger partial charge on any atom is -0.496 e. The van der Waals surface area contributed by atoms with Crippen LogP contribution in [0.25, 0.3) is 0 Å². The molecule has 126 valence electrons. The second-order valence-corrected chi connectivity index (χ2v) is 6.37. The summed E-state index contributed by atoms with van der Waals surface area (Å²) >= 11 is 0. The first kappa shape index (κ1) is 16.5. The van der Waals surface area contributed by atoms with Crippen LogP contribution in [0.1, 0.15) is 36.8 Å². The fourth-order valence-corrected chi connectivity index (χ4v) is 3.32. The molecule has 5 heteroatoms. The van der Waals surface area contributed by atoms with Gasteiger partial charge >= 0.3 is 0 Å². The molecule has 5 nitrogen and oxygen atoms in total. The van der Waals surface area contributed by atoms with Gasteiger partial charge in [-0.2, -0.15) is 10.2 Å². The first-order valence-electron chi connectivity index (χ1n) is 8.47. The van der Waals surface area contributed by atoms with Gasteiger partial charge in [-0.1, -0.05) is 12.1 Å². The number of methoxy groups -OCH3 is 1. The molecular weight excluding hydrogens is 302 g/mol. The SMILES string of the molecule is C#CCCC1(CCC(=O)N2CCc3cccc(OC)c3CC2)N=N1. The number of hydrogen-bond donors (Lipinski definition) is 0. The van der Waals surface area contributed by atoms with Crippen LogP contribution in [-0.4, -0.2) is 36.7 Å². The lowest BCUT2D eigenvalue weighted by Gasteiger charge is -2.21. The number of ether oxygens (including phenoxy) is 1. The standard InChI is InChI=1S/C19H23N3O2/c1-3-4-11-19(20-21-19)12-8-18(23)22-13-9-15-6-5-7-17(24-2)16(15)10-14-22/h1,5-7H,4,8-14H2,2H3. The molecule has 3 rings (SSSR count). The number of benzene rings is 1. The predicted octanol–water partition coefficient (Wildman–Crippen LogP) is 2.98. The van der Waals surface area contributed by atoms with E-state index in [1.165, 1.54) is 11.1 Å². The van der Waals surface area contributed by atoms with Crippen LogP contribution in [0.4, 0.5) is 0 Å². The van der Waals surface area contributed by atoms with E-state index >= 15 is 0 Å². The van der Waals surface area contributed by atoms with Gasteiger partial charge in [0, 0.05) is 38.8 Å². The van der Waals surface area contributed by atoms with Crippen molar-refractivity contribution in [1.82, 2.24) is 4.90 Å². The van der Waals surface area contributed by atoms with E-state index in [1.807, 2.05) is 17.0 Å². The maximum Gasteiger partial charge on any atom is 0.222 e. The van der Waals surface area contributed by atoms with Crippen molar-refractivity contribution in [3.63, 3.8) is 0 Å². The summed E-state index contributed by atoms with van der Waals surface area (Å²) in [6, 6.07) is 6.13. The van der Waals surface area contributed by atoms with Gasteiger partial charge in [0.15, 0.2) is 5.66 Å². The third kappa shape index (κ3) is 3.59. The van der Waals surface area contributed by atoms with E-state index in [1.54, 1.807) is 7.11 Å². The van der Waals surface area contributed by atoms with Crippen molar-refractivity contribution in [1.29, 1.82) is 0 Å². The van der Waals surface area contributed by atoms with Gasteiger partial charge < -0.3 is 9.64 Å². The molecule has 1 amide bonds. The summed E-state index contributed by atoms with van der Waals surface area (Å²) in [7, 11) is 1.70. The van der Waals surface area contributed by atoms with Crippen LogP contribution in [0.3, 0.4) is 0 Å². The van der Waals surface area contributed by atoms with Gasteiger partial charge in [-0.15, -0.1) is 12.3 Å². The van der Waals surface area contributed by atoms with E-state index in [0.29, 0.717) is 19.3 Å². The quantitative estimate of drug-likeness (QED) is 0.755. The smallest absolute Gasteiger partial charge is 0.222 e. The highest BCUT2D eigenvalue weighted by atomic mass is 16.5. The van der Waals surface area contributed by atoms with E-state index in [-0.39, 0.29) is 11.6 Å². The molecule has 0 atom stereocenters. The van der Waals surface area contributed by atoms with Crippen molar-refractivity contribution in [3.05, 3.63) is 29.3 Å². The van der Waals surface area contributed by atoms with Gasteiger partial charge in [0.25, 0.3) is 0 Å². The monoisotopic (exact) mass is 325 g/mol. The Kier molecular flexibility index (Phi) is 4.84. The van der Waals surface area contributed by atoms with E-state index in [9.17, 15) is 4.79 Å². The van der Waals surface area contributed by atoms with Crippen molar-refractivity contribution < 1.29 is 9.53 Å². The largest absolute Gasteiger partial charge is 0.496 e. The maximum absolute atomic E-state index is 12.6. The van der Waals surface area contributed by atoms with Crippen LogP contribution >= 0.6 is 0 Å². The third-order valence-electron chi connectivity index (χ3n) is 4.88. The molecule has 0 fully saturated rings. The Morgan fingerprint density at radius 1 is 1.33 bits per heavy atom. The molecule has 0 bridgehead atoms. The molecule has 0 radical (unpaired) electrons. The fourth-order valence-electron chi connectivity index (χ4n) is 3.32. The highest BCUT2D eigenvalue weighted by molar-refractivity contribution is 5.76. The first-order chi connectivity index (χ1) is 11.7. The van der Waals surface area contributed by atoms with Gasteiger partial charge in [0.1, 0.15) is 5.75 Å². The Hall–Kier alpha value is -2.35. The summed E-state index contributed by atoms with van der Waals surface area (Å²) in [6.45, 7) is 1.49. The molecule has 0 aliphatic carbocycles. The van der Waals surface area contributed by atoms with Gasteiger partial charge in [-0.05, 0) is 30.0 Å². The summed E-state index contributed by atoms with van der Waals surface area (Å²) in [5.41, 5.74) is 2.13. The lowest BCUT2D eigenvalue weighted by Crippen LogP contribution is -2.34. The molecule has 2 heterocycles. The number of nitrogens with zero attached hydrogens (tertiary/aromatic N) is 3. The Labute approximate surface area is 143 Å². The van der Waals surface area contributed by atoms with E-state index in [4.69, 9.17) is 11.2 Å². The molecule has 1 aromatic rings. The van der Waals surface area contributed by atoms with Gasteiger partial charge in [0.2, 0.25) is 5.91 Å². The molecule has 1 aromatic carbocycles. The summed E-state index contributed by atoms with van der Waals surface area (Å²) in [6.07, 6.45) is 9.55. The summed E-state index contributed by atoms with van der Waals surface area (Å²) in [5.74, 6) is 3.72. The third-order valence-corrected chi connectivity index (χ3v) is 4.88. The molecule has 0 saturated carbocycles. The molecule has 2 aliphatic rings. The van der Waals surface area contributed by atoms with Crippen LogP contribution in [0.5, 0.6) is 5.75 Å². The highest BCUT2D eigenvalue weighted by Gasteiger charge is 2.39. The average molecular weight is 325 g/mol. The second kappa shape index (κ2) is 7.04. The van der Waals surface area contributed by atoms with E-state index < -0.39 is 0 Å². The summed E-state index contributed by atoms with van der Waals surface area (Å²) in [4.78, 5) is 14.5. The second-order valence-electron chi connectivity index (χ2n) is 6.37. The van der Waals surface area contributed by atoms with Gasteiger partial charge in [-0.25, -0.2) is 0 Å². The Balaban J connectivity index is 1.55. The van der Waals surface area contributed by atoms with Crippen molar-refractivity contribution in [2.24, 2.45) is 10.2 Å².